The van der Waals surface area contributed by atoms with E-state index in [-0.39, 0.29) is 6.04 Å². The number of aromatic nitrogens is 2. The molecule has 0 spiro atoms. The summed E-state index contributed by atoms with van der Waals surface area (Å²) in [5.74, 6) is 0.554. The quantitative estimate of drug-likeness (QED) is 0.796. The number of ether oxygens (including phenoxy) is 1. The van der Waals surface area contributed by atoms with Crippen LogP contribution in [0.4, 0.5) is 10.7 Å². The Hall–Kier alpha value is -1.85. The van der Waals surface area contributed by atoms with Gasteiger partial charge in [0.15, 0.2) is 0 Å². The molecule has 0 unspecified atom stereocenters. The predicted octanol–water partition coefficient (Wildman–Crippen LogP) is 0.941. The number of amides is 1. The normalized spacial score (nSPS) is 11.7. The molecule has 0 aliphatic heterocycles. The molecule has 88 valence electrons. The highest BCUT2D eigenvalue weighted by atomic mass is 16.5. The highest BCUT2D eigenvalue weighted by Crippen LogP contribution is 1.98. The van der Waals surface area contributed by atoms with Crippen LogP contribution in [0.25, 0.3) is 0 Å². The lowest BCUT2D eigenvalue weighted by Gasteiger charge is -2.13. The molecule has 6 nitrogen and oxygen atoms in total. The van der Waals surface area contributed by atoms with Crippen LogP contribution < -0.4 is 10.6 Å². The summed E-state index contributed by atoms with van der Waals surface area (Å²) in [7, 11) is 1.33. The van der Waals surface area contributed by atoms with Gasteiger partial charge >= 0.3 is 6.09 Å². The fourth-order valence-corrected chi connectivity index (χ4v) is 1.09. The maximum Gasteiger partial charge on any atom is 0.407 e. The zero-order chi connectivity index (χ0) is 12.0. The van der Waals surface area contributed by atoms with E-state index < -0.39 is 6.09 Å². The van der Waals surface area contributed by atoms with Crippen LogP contribution in [-0.4, -0.2) is 35.8 Å². The van der Waals surface area contributed by atoms with Crippen molar-refractivity contribution in [2.45, 2.75) is 19.9 Å². The second-order valence-electron chi connectivity index (χ2n) is 3.44. The van der Waals surface area contributed by atoms with Gasteiger partial charge in [-0.1, -0.05) is 0 Å². The Morgan fingerprint density at radius 2 is 2.38 bits per heavy atom. The summed E-state index contributed by atoms with van der Waals surface area (Å²) in [6.07, 6.45) is 1.24. The molecule has 0 aliphatic rings. The molecular formula is C10H16N4O2. The summed E-state index contributed by atoms with van der Waals surface area (Å²) in [5.41, 5.74) is 0.895. The van der Waals surface area contributed by atoms with Gasteiger partial charge in [0.2, 0.25) is 5.95 Å². The van der Waals surface area contributed by atoms with Crippen LogP contribution in [0.2, 0.25) is 0 Å². The molecule has 6 heteroatoms. The number of aryl methyl sites for hydroxylation is 1. The van der Waals surface area contributed by atoms with E-state index >= 15 is 0 Å². The number of hydrogen-bond acceptors (Lipinski definition) is 5. The standard InChI is InChI=1S/C10H16N4O2/c1-7-4-5-11-9(13-7)12-6-8(2)14-10(15)16-3/h4-5,8H,6H2,1-3H3,(H,14,15)(H,11,12,13)/t8-/m1/s1. The minimum atomic E-state index is -0.445. The molecule has 0 bridgehead atoms. The Labute approximate surface area is 94.4 Å². The van der Waals surface area contributed by atoms with Crippen molar-refractivity contribution in [1.82, 2.24) is 15.3 Å². The number of methoxy groups -OCH3 is 1. The first-order valence-electron chi connectivity index (χ1n) is 5.00. The van der Waals surface area contributed by atoms with Crippen LogP contribution in [0.5, 0.6) is 0 Å². The van der Waals surface area contributed by atoms with Crippen molar-refractivity contribution in [3.05, 3.63) is 18.0 Å². The molecule has 1 aromatic heterocycles. The first-order valence-corrected chi connectivity index (χ1v) is 5.00. The van der Waals surface area contributed by atoms with Crippen molar-refractivity contribution in [3.8, 4) is 0 Å². The van der Waals surface area contributed by atoms with E-state index in [0.29, 0.717) is 12.5 Å². The fourth-order valence-electron chi connectivity index (χ4n) is 1.09. The molecule has 16 heavy (non-hydrogen) atoms. The number of nitrogens with zero attached hydrogens (tertiary/aromatic N) is 2. The van der Waals surface area contributed by atoms with Crippen molar-refractivity contribution in [2.75, 3.05) is 19.0 Å². The summed E-state index contributed by atoms with van der Waals surface area (Å²) in [6, 6.07) is 1.76. The second kappa shape index (κ2) is 5.89. The maximum atomic E-state index is 10.9. The van der Waals surface area contributed by atoms with Gasteiger partial charge in [0.25, 0.3) is 0 Å². The van der Waals surface area contributed by atoms with Crippen LogP contribution in [0.1, 0.15) is 12.6 Å². The van der Waals surface area contributed by atoms with E-state index in [0.717, 1.165) is 5.69 Å². The van der Waals surface area contributed by atoms with Crippen molar-refractivity contribution in [3.63, 3.8) is 0 Å². The third-order valence-corrected chi connectivity index (χ3v) is 1.91. The molecule has 1 atom stereocenters. The lowest BCUT2D eigenvalue weighted by atomic mass is 10.3. The average molecular weight is 224 g/mol. The Morgan fingerprint density at radius 3 is 3.00 bits per heavy atom. The van der Waals surface area contributed by atoms with Gasteiger partial charge < -0.3 is 15.4 Å². The Kier molecular flexibility index (Phi) is 4.50. The van der Waals surface area contributed by atoms with Crippen LogP contribution in [0.3, 0.4) is 0 Å². The molecule has 1 heterocycles. The Balaban J connectivity index is 2.37. The molecule has 2 N–H and O–H groups in total. The molecule has 0 saturated carbocycles. The van der Waals surface area contributed by atoms with E-state index in [1.54, 1.807) is 6.20 Å². The molecular weight excluding hydrogens is 208 g/mol. The van der Waals surface area contributed by atoms with Gasteiger partial charge in [0.1, 0.15) is 0 Å². The molecule has 0 radical (unpaired) electrons. The first kappa shape index (κ1) is 12.2. The summed E-state index contributed by atoms with van der Waals surface area (Å²) in [4.78, 5) is 19.1. The number of anilines is 1. The van der Waals surface area contributed by atoms with Crippen molar-refractivity contribution < 1.29 is 9.53 Å². The molecule has 0 saturated heterocycles. The summed E-state index contributed by atoms with van der Waals surface area (Å²) in [6.45, 7) is 4.29. The van der Waals surface area contributed by atoms with Gasteiger partial charge in [-0.25, -0.2) is 14.8 Å². The summed E-state index contributed by atoms with van der Waals surface area (Å²) in [5, 5.41) is 5.66. The number of nitrogens with one attached hydrogen (secondary N) is 2. The van der Waals surface area contributed by atoms with Crippen LogP contribution in [0, 0.1) is 6.92 Å². The molecule has 1 rings (SSSR count). The smallest absolute Gasteiger partial charge is 0.407 e. The van der Waals surface area contributed by atoms with E-state index in [1.165, 1.54) is 7.11 Å². The fraction of sp³-hybridized carbons (Fsp3) is 0.500. The van der Waals surface area contributed by atoms with Crippen molar-refractivity contribution in [2.24, 2.45) is 0 Å². The topological polar surface area (TPSA) is 76.1 Å². The molecule has 1 aromatic rings. The largest absolute Gasteiger partial charge is 0.453 e. The first-order chi connectivity index (χ1) is 7.61. The number of carbonyl (C=O) groups excluding carboxylic acids is 1. The van der Waals surface area contributed by atoms with Gasteiger partial charge in [-0.05, 0) is 19.9 Å². The minimum Gasteiger partial charge on any atom is -0.453 e. The molecule has 1 amide bonds. The van der Waals surface area contributed by atoms with Gasteiger partial charge in [-0.3, -0.25) is 0 Å². The van der Waals surface area contributed by atoms with Crippen molar-refractivity contribution in [1.29, 1.82) is 0 Å². The molecule has 0 aromatic carbocycles. The highest BCUT2D eigenvalue weighted by Gasteiger charge is 2.06. The summed E-state index contributed by atoms with van der Waals surface area (Å²) < 4.78 is 4.48. The zero-order valence-corrected chi connectivity index (χ0v) is 9.65. The molecule has 0 aliphatic carbocycles. The van der Waals surface area contributed by atoms with Gasteiger partial charge in [-0.2, -0.15) is 0 Å². The van der Waals surface area contributed by atoms with Gasteiger partial charge in [0, 0.05) is 24.5 Å². The summed E-state index contributed by atoms with van der Waals surface area (Å²) >= 11 is 0. The van der Waals surface area contributed by atoms with Crippen molar-refractivity contribution >= 4 is 12.0 Å². The minimum absolute atomic E-state index is 0.0587. The highest BCUT2D eigenvalue weighted by molar-refractivity contribution is 5.67. The van der Waals surface area contributed by atoms with Crippen LogP contribution in [0.15, 0.2) is 12.3 Å². The lowest BCUT2D eigenvalue weighted by molar-refractivity contribution is 0.168. The van der Waals surface area contributed by atoms with E-state index in [1.807, 2.05) is 19.9 Å². The second-order valence-corrected chi connectivity index (χ2v) is 3.44. The van der Waals surface area contributed by atoms with Crippen LogP contribution in [-0.2, 0) is 4.74 Å². The molecule has 0 fully saturated rings. The monoisotopic (exact) mass is 224 g/mol. The lowest BCUT2D eigenvalue weighted by Crippen LogP contribution is -2.37. The van der Waals surface area contributed by atoms with E-state index in [9.17, 15) is 4.79 Å². The van der Waals surface area contributed by atoms with Gasteiger partial charge in [0.05, 0.1) is 7.11 Å². The SMILES string of the molecule is COC(=O)N[C@H](C)CNc1nccc(C)n1. The van der Waals surface area contributed by atoms with E-state index in [4.69, 9.17) is 0 Å². The van der Waals surface area contributed by atoms with E-state index in [2.05, 4.69) is 25.3 Å². The third kappa shape index (κ3) is 4.12. The third-order valence-electron chi connectivity index (χ3n) is 1.91. The van der Waals surface area contributed by atoms with Crippen LogP contribution >= 0.6 is 0 Å². The number of carbonyl (C=O) groups is 1. The average Bonchev–Trinajstić information content (AvgIpc) is 2.26. The number of alkyl carbamates (subject to hydrolysis) is 1. The Bertz CT molecular complexity index is 356. The van der Waals surface area contributed by atoms with Gasteiger partial charge in [-0.15, -0.1) is 0 Å². The zero-order valence-electron chi connectivity index (χ0n) is 9.65. The maximum absolute atomic E-state index is 10.9. The Morgan fingerprint density at radius 1 is 1.62 bits per heavy atom. The number of rotatable bonds is 4. The predicted molar refractivity (Wildman–Crippen MR) is 60.3 cm³/mol. The number of hydrogen-bond donors (Lipinski definition) is 2.